The maximum atomic E-state index is 12.3. The van der Waals surface area contributed by atoms with Crippen molar-refractivity contribution in [1.29, 1.82) is 0 Å². The number of benzene rings is 1. The molecule has 1 aromatic rings. The van der Waals surface area contributed by atoms with Gasteiger partial charge in [-0.3, -0.25) is 4.79 Å². The largest absolute Gasteiger partial charge is 0.481 e. The van der Waals surface area contributed by atoms with Crippen molar-refractivity contribution in [2.45, 2.75) is 38.3 Å². The molecule has 2 aliphatic heterocycles. The summed E-state index contributed by atoms with van der Waals surface area (Å²) in [6, 6.07) is 9.75. The molecule has 5 nitrogen and oxygen atoms in total. The minimum atomic E-state index is -0.471. The summed E-state index contributed by atoms with van der Waals surface area (Å²) in [7, 11) is 0. The standard InChI is InChI=1S/C19H28N2O3/c1-15(24-18-5-3-2-4-6-18)19(22)20-17-7-10-21(11-8-17)13-16-9-12-23-14-16/h2-6,15-17H,7-14H2,1H3,(H,20,22). The lowest BCUT2D eigenvalue weighted by Crippen LogP contribution is -2.48. The summed E-state index contributed by atoms with van der Waals surface area (Å²) in [4.78, 5) is 14.8. The van der Waals surface area contributed by atoms with Gasteiger partial charge in [0.25, 0.3) is 5.91 Å². The predicted molar refractivity (Wildman–Crippen MR) is 93.1 cm³/mol. The molecule has 0 spiro atoms. The molecule has 0 saturated carbocycles. The number of amides is 1. The first-order valence-corrected chi connectivity index (χ1v) is 9.03. The third-order valence-electron chi connectivity index (χ3n) is 4.90. The summed E-state index contributed by atoms with van der Waals surface area (Å²) in [5.74, 6) is 1.39. The molecule has 0 aliphatic carbocycles. The normalized spacial score (nSPS) is 23.8. The summed E-state index contributed by atoms with van der Waals surface area (Å²) < 4.78 is 11.1. The van der Waals surface area contributed by atoms with Crippen LogP contribution in [0.3, 0.4) is 0 Å². The smallest absolute Gasteiger partial charge is 0.260 e. The van der Waals surface area contributed by atoms with Gasteiger partial charge in [-0.25, -0.2) is 0 Å². The minimum absolute atomic E-state index is 0.0264. The number of ether oxygens (including phenoxy) is 2. The van der Waals surface area contributed by atoms with E-state index < -0.39 is 6.10 Å². The lowest BCUT2D eigenvalue weighted by Gasteiger charge is -2.34. The maximum absolute atomic E-state index is 12.3. The van der Waals surface area contributed by atoms with Crippen molar-refractivity contribution in [2.24, 2.45) is 5.92 Å². The zero-order chi connectivity index (χ0) is 16.8. The number of nitrogens with zero attached hydrogens (tertiary/aromatic N) is 1. The Hall–Kier alpha value is -1.59. The third-order valence-corrected chi connectivity index (χ3v) is 4.90. The number of piperidine rings is 1. The van der Waals surface area contributed by atoms with Crippen molar-refractivity contribution in [3.63, 3.8) is 0 Å². The van der Waals surface area contributed by atoms with Gasteiger partial charge in [0.1, 0.15) is 5.75 Å². The van der Waals surface area contributed by atoms with Crippen molar-refractivity contribution in [1.82, 2.24) is 10.2 Å². The number of rotatable bonds is 6. The van der Waals surface area contributed by atoms with E-state index in [1.54, 1.807) is 6.92 Å². The Morgan fingerprint density at radius 3 is 2.71 bits per heavy atom. The Kier molecular flexibility index (Phi) is 6.10. The number of para-hydroxylation sites is 1. The van der Waals surface area contributed by atoms with E-state index in [0.29, 0.717) is 5.92 Å². The average molecular weight is 332 g/mol. The van der Waals surface area contributed by atoms with E-state index in [1.165, 1.54) is 6.42 Å². The molecule has 1 N–H and O–H groups in total. The molecular formula is C19H28N2O3. The van der Waals surface area contributed by atoms with E-state index in [0.717, 1.165) is 51.4 Å². The van der Waals surface area contributed by atoms with Crippen LogP contribution in [-0.2, 0) is 9.53 Å². The number of likely N-dealkylation sites (tertiary alicyclic amines) is 1. The quantitative estimate of drug-likeness (QED) is 0.866. The molecular weight excluding hydrogens is 304 g/mol. The molecule has 132 valence electrons. The maximum Gasteiger partial charge on any atom is 0.260 e. The Labute approximate surface area is 144 Å². The van der Waals surface area contributed by atoms with Gasteiger partial charge in [-0.15, -0.1) is 0 Å². The van der Waals surface area contributed by atoms with Crippen molar-refractivity contribution in [3.05, 3.63) is 30.3 Å². The van der Waals surface area contributed by atoms with Crippen LogP contribution in [0.4, 0.5) is 0 Å². The molecule has 2 fully saturated rings. The molecule has 5 heteroatoms. The summed E-state index contributed by atoms with van der Waals surface area (Å²) in [5.41, 5.74) is 0. The van der Waals surface area contributed by atoms with Crippen LogP contribution < -0.4 is 10.1 Å². The lowest BCUT2D eigenvalue weighted by molar-refractivity contribution is -0.128. The van der Waals surface area contributed by atoms with E-state index in [9.17, 15) is 4.79 Å². The monoisotopic (exact) mass is 332 g/mol. The van der Waals surface area contributed by atoms with Gasteiger partial charge in [0, 0.05) is 32.3 Å². The van der Waals surface area contributed by atoms with Gasteiger partial charge >= 0.3 is 0 Å². The van der Waals surface area contributed by atoms with Gasteiger partial charge < -0.3 is 19.7 Å². The van der Waals surface area contributed by atoms with Crippen LogP contribution in [0.15, 0.2) is 30.3 Å². The number of carbonyl (C=O) groups is 1. The van der Waals surface area contributed by atoms with Gasteiger partial charge in [-0.2, -0.15) is 0 Å². The van der Waals surface area contributed by atoms with Crippen LogP contribution in [0.1, 0.15) is 26.2 Å². The van der Waals surface area contributed by atoms with Crippen LogP contribution >= 0.6 is 0 Å². The number of carbonyl (C=O) groups excluding carboxylic acids is 1. The summed E-state index contributed by atoms with van der Waals surface area (Å²) in [6.45, 7) is 6.86. The number of hydrogen-bond donors (Lipinski definition) is 1. The van der Waals surface area contributed by atoms with E-state index in [-0.39, 0.29) is 11.9 Å². The van der Waals surface area contributed by atoms with Crippen LogP contribution in [0.5, 0.6) is 5.75 Å². The molecule has 2 saturated heterocycles. The molecule has 2 aliphatic rings. The second kappa shape index (κ2) is 8.49. The molecule has 2 heterocycles. The Morgan fingerprint density at radius 1 is 1.29 bits per heavy atom. The molecule has 0 radical (unpaired) electrons. The van der Waals surface area contributed by atoms with Crippen LogP contribution in [0, 0.1) is 5.92 Å². The highest BCUT2D eigenvalue weighted by Crippen LogP contribution is 2.18. The third kappa shape index (κ3) is 4.95. The van der Waals surface area contributed by atoms with Gasteiger partial charge in [-0.05, 0) is 44.2 Å². The van der Waals surface area contributed by atoms with Crippen molar-refractivity contribution in [2.75, 3.05) is 32.8 Å². The fourth-order valence-corrected chi connectivity index (χ4v) is 3.43. The first-order valence-electron chi connectivity index (χ1n) is 9.03. The Morgan fingerprint density at radius 2 is 2.04 bits per heavy atom. The summed E-state index contributed by atoms with van der Waals surface area (Å²) in [6.07, 6.45) is 2.74. The SMILES string of the molecule is CC(Oc1ccccc1)C(=O)NC1CCN(CC2CCOC2)CC1. The van der Waals surface area contributed by atoms with E-state index in [2.05, 4.69) is 10.2 Å². The van der Waals surface area contributed by atoms with Gasteiger partial charge in [0.15, 0.2) is 6.10 Å². The predicted octanol–water partition coefficient (Wildman–Crippen LogP) is 2.07. The fourth-order valence-electron chi connectivity index (χ4n) is 3.43. The zero-order valence-corrected chi connectivity index (χ0v) is 14.4. The van der Waals surface area contributed by atoms with Crippen LogP contribution in [0.2, 0.25) is 0 Å². The topological polar surface area (TPSA) is 50.8 Å². The van der Waals surface area contributed by atoms with E-state index >= 15 is 0 Å². The highest BCUT2D eigenvalue weighted by molar-refractivity contribution is 5.81. The minimum Gasteiger partial charge on any atom is -0.481 e. The average Bonchev–Trinajstić information content (AvgIpc) is 3.10. The van der Waals surface area contributed by atoms with Crippen LogP contribution in [-0.4, -0.2) is 55.8 Å². The molecule has 0 aromatic heterocycles. The summed E-state index contributed by atoms with van der Waals surface area (Å²) >= 11 is 0. The van der Waals surface area contributed by atoms with Crippen molar-refractivity contribution >= 4 is 5.91 Å². The molecule has 24 heavy (non-hydrogen) atoms. The molecule has 3 rings (SSSR count). The summed E-state index contributed by atoms with van der Waals surface area (Å²) in [5, 5.41) is 3.14. The van der Waals surface area contributed by atoms with Crippen molar-refractivity contribution < 1.29 is 14.3 Å². The first kappa shape index (κ1) is 17.2. The Bertz CT molecular complexity index is 509. The lowest BCUT2D eigenvalue weighted by atomic mass is 10.0. The zero-order valence-electron chi connectivity index (χ0n) is 14.4. The molecule has 1 aromatic carbocycles. The number of hydrogen-bond acceptors (Lipinski definition) is 4. The van der Waals surface area contributed by atoms with Crippen molar-refractivity contribution in [3.8, 4) is 5.75 Å². The van der Waals surface area contributed by atoms with Crippen LogP contribution in [0.25, 0.3) is 0 Å². The first-order chi connectivity index (χ1) is 11.7. The van der Waals surface area contributed by atoms with E-state index in [4.69, 9.17) is 9.47 Å². The van der Waals surface area contributed by atoms with Gasteiger partial charge in [0.05, 0.1) is 6.61 Å². The number of nitrogens with one attached hydrogen (secondary N) is 1. The molecule has 2 atom stereocenters. The molecule has 0 bridgehead atoms. The Balaban J connectivity index is 1.38. The molecule has 2 unspecified atom stereocenters. The fraction of sp³-hybridized carbons (Fsp3) is 0.632. The second-order valence-electron chi connectivity index (χ2n) is 6.89. The second-order valence-corrected chi connectivity index (χ2v) is 6.89. The highest BCUT2D eigenvalue weighted by atomic mass is 16.5. The highest BCUT2D eigenvalue weighted by Gasteiger charge is 2.26. The molecule has 1 amide bonds. The van der Waals surface area contributed by atoms with E-state index in [1.807, 2.05) is 30.3 Å². The van der Waals surface area contributed by atoms with Gasteiger partial charge in [-0.1, -0.05) is 18.2 Å². The van der Waals surface area contributed by atoms with Gasteiger partial charge in [0.2, 0.25) is 0 Å².